The van der Waals surface area contributed by atoms with Gasteiger partial charge in [-0.2, -0.15) is 0 Å². The zero-order valence-corrected chi connectivity index (χ0v) is 20.1. The summed E-state index contributed by atoms with van der Waals surface area (Å²) in [6, 6.07) is 1.29. The number of hydrogen-bond acceptors (Lipinski definition) is 7. The lowest BCUT2D eigenvalue weighted by atomic mass is 10.00. The Kier molecular flexibility index (Phi) is 9.59. The fraction of sp³-hybridized carbons (Fsp3) is 0.417. The molecule has 1 amide bonds. The lowest BCUT2D eigenvalue weighted by molar-refractivity contribution is 0.102. The van der Waals surface area contributed by atoms with Crippen LogP contribution in [0.25, 0.3) is 6.08 Å². The van der Waals surface area contributed by atoms with Gasteiger partial charge in [-0.1, -0.05) is 26.8 Å². The van der Waals surface area contributed by atoms with Gasteiger partial charge in [0.1, 0.15) is 17.1 Å². The second-order valence-corrected chi connectivity index (χ2v) is 9.42. The van der Waals surface area contributed by atoms with E-state index in [9.17, 15) is 19.5 Å². The van der Waals surface area contributed by atoms with Gasteiger partial charge in [0.15, 0.2) is 5.78 Å². The van der Waals surface area contributed by atoms with Crippen LogP contribution in [0.2, 0.25) is 0 Å². The van der Waals surface area contributed by atoms with Crippen LogP contribution in [0.5, 0.6) is 5.75 Å². The molecule has 8 nitrogen and oxygen atoms in total. The third kappa shape index (κ3) is 8.02. The average Bonchev–Trinajstić information content (AvgIpc) is 3.18. The summed E-state index contributed by atoms with van der Waals surface area (Å²) in [7, 11) is 0. The molecule has 2 heterocycles. The SMILES string of the molecule is CC(=Cc1cnc(CCC(C)C)s1)C(=O)c1c(O)cc(C(C)CC/C=C/NC(=O)O)oc1=O. The second kappa shape index (κ2) is 12.2. The van der Waals surface area contributed by atoms with Gasteiger partial charge < -0.3 is 14.6 Å². The van der Waals surface area contributed by atoms with Gasteiger partial charge in [-0.15, -0.1) is 11.3 Å². The van der Waals surface area contributed by atoms with Crippen LogP contribution in [0.1, 0.15) is 78.9 Å². The van der Waals surface area contributed by atoms with E-state index in [0.29, 0.717) is 24.3 Å². The zero-order valence-electron chi connectivity index (χ0n) is 19.3. The molecule has 0 radical (unpaired) electrons. The monoisotopic (exact) mass is 474 g/mol. The molecule has 3 N–H and O–H groups in total. The van der Waals surface area contributed by atoms with Gasteiger partial charge in [-0.25, -0.2) is 14.6 Å². The summed E-state index contributed by atoms with van der Waals surface area (Å²) in [5.74, 6) is -0.404. The molecule has 1 unspecified atom stereocenters. The molecule has 0 aliphatic heterocycles. The molecule has 1 atom stereocenters. The van der Waals surface area contributed by atoms with E-state index in [2.05, 4.69) is 24.1 Å². The highest BCUT2D eigenvalue weighted by Crippen LogP contribution is 2.27. The van der Waals surface area contributed by atoms with Crippen molar-refractivity contribution in [2.75, 3.05) is 0 Å². The highest BCUT2D eigenvalue weighted by molar-refractivity contribution is 7.12. The zero-order chi connectivity index (χ0) is 24.5. The largest absolute Gasteiger partial charge is 0.507 e. The van der Waals surface area contributed by atoms with Crippen molar-refractivity contribution in [3.05, 3.63) is 61.7 Å². The summed E-state index contributed by atoms with van der Waals surface area (Å²) in [6.45, 7) is 7.70. The van der Waals surface area contributed by atoms with Crippen LogP contribution in [-0.4, -0.2) is 27.1 Å². The van der Waals surface area contributed by atoms with Crippen molar-refractivity contribution in [1.82, 2.24) is 10.3 Å². The molecule has 0 fully saturated rings. The number of allylic oxidation sites excluding steroid dienone is 2. The van der Waals surface area contributed by atoms with E-state index in [0.717, 1.165) is 22.7 Å². The summed E-state index contributed by atoms with van der Waals surface area (Å²) in [5, 5.41) is 22.0. The summed E-state index contributed by atoms with van der Waals surface area (Å²) in [6.07, 6.45) is 8.15. The number of aromatic hydroxyl groups is 1. The van der Waals surface area contributed by atoms with Gasteiger partial charge in [-0.05, 0) is 50.2 Å². The Morgan fingerprint density at radius 1 is 1.27 bits per heavy atom. The Morgan fingerprint density at radius 2 is 2.00 bits per heavy atom. The third-order valence-corrected chi connectivity index (χ3v) is 5.98. The lowest BCUT2D eigenvalue weighted by Gasteiger charge is -2.11. The number of ketones is 1. The first-order valence-corrected chi connectivity index (χ1v) is 11.6. The maximum absolute atomic E-state index is 12.8. The number of carbonyl (C=O) groups excluding carboxylic acids is 1. The van der Waals surface area contributed by atoms with Crippen molar-refractivity contribution in [2.24, 2.45) is 5.92 Å². The minimum absolute atomic E-state index is 0.222. The fourth-order valence-corrected chi connectivity index (χ4v) is 3.99. The van der Waals surface area contributed by atoms with Gasteiger partial charge >= 0.3 is 11.7 Å². The number of thiazole rings is 1. The summed E-state index contributed by atoms with van der Waals surface area (Å²) in [5.41, 5.74) is -0.983. The Hall–Kier alpha value is -3.20. The molecule has 0 aromatic carbocycles. The predicted molar refractivity (Wildman–Crippen MR) is 128 cm³/mol. The number of amides is 1. The molecule has 0 spiro atoms. The summed E-state index contributed by atoms with van der Waals surface area (Å²) >= 11 is 1.50. The van der Waals surface area contributed by atoms with E-state index in [4.69, 9.17) is 9.52 Å². The number of aromatic nitrogens is 1. The van der Waals surface area contributed by atoms with Gasteiger partial charge in [0, 0.05) is 29.3 Å². The number of nitrogens with one attached hydrogen (secondary N) is 1. The molecule has 0 aliphatic rings. The standard InChI is InChI=1S/C24H30N2O6S/c1-14(2)8-9-20-26-13-17(33-20)11-16(4)22(28)21-18(27)12-19(32-23(21)29)15(3)7-5-6-10-25-24(30)31/h6,10-15,25,27H,5,7-9H2,1-4H3,(H,30,31)/b10-6+,16-11?. The normalized spacial score (nSPS) is 12.9. The van der Waals surface area contributed by atoms with Crippen LogP contribution in [0.15, 0.2) is 39.3 Å². The van der Waals surface area contributed by atoms with Crippen LogP contribution < -0.4 is 10.9 Å². The number of hydrogen-bond donors (Lipinski definition) is 3. The quantitative estimate of drug-likeness (QED) is 0.296. The first-order chi connectivity index (χ1) is 15.6. The predicted octanol–water partition coefficient (Wildman–Crippen LogP) is 5.34. The van der Waals surface area contributed by atoms with Gasteiger partial charge in [0.2, 0.25) is 0 Å². The van der Waals surface area contributed by atoms with Crippen molar-refractivity contribution in [1.29, 1.82) is 0 Å². The van der Waals surface area contributed by atoms with E-state index >= 15 is 0 Å². The fourth-order valence-electron chi connectivity index (χ4n) is 3.05. The van der Waals surface area contributed by atoms with Crippen LogP contribution >= 0.6 is 11.3 Å². The Morgan fingerprint density at radius 3 is 2.64 bits per heavy atom. The minimum atomic E-state index is -1.15. The Bertz CT molecular complexity index is 1100. The second-order valence-electron chi connectivity index (χ2n) is 8.27. The van der Waals surface area contributed by atoms with Gasteiger partial charge in [-0.3, -0.25) is 10.1 Å². The topological polar surface area (TPSA) is 130 Å². The van der Waals surface area contributed by atoms with E-state index in [1.54, 1.807) is 25.3 Å². The van der Waals surface area contributed by atoms with Crippen LogP contribution in [-0.2, 0) is 6.42 Å². The molecular weight excluding hydrogens is 444 g/mol. The van der Waals surface area contributed by atoms with Crippen LogP contribution in [0, 0.1) is 5.92 Å². The van der Waals surface area contributed by atoms with E-state index < -0.39 is 28.8 Å². The molecule has 178 valence electrons. The third-order valence-electron chi connectivity index (χ3n) is 4.98. The molecule has 0 bridgehead atoms. The van der Waals surface area contributed by atoms with Crippen molar-refractivity contribution < 1.29 is 24.2 Å². The number of aryl methyl sites for hydroxylation is 1. The molecular formula is C24H30N2O6S. The van der Waals surface area contributed by atoms with Crippen molar-refractivity contribution in [2.45, 2.75) is 59.3 Å². The molecule has 9 heteroatoms. The Labute approximate surface area is 196 Å². The maximum atomic E-state index is 12.8. The highest BCUT2D eigenvalue weighted by Gasteiger charge is 2.22. The average molecular weight is 475 g/mol. The van der Waals surface area contributed by atoms with Gasteiger partial charge in [0.05, 0.1) is 5.01 Å². The molecule has 2 rings (SSSR count). The van der Waals surface area contributed by atoms with Gasteiger partial charge in [0.25, 0.3) is 0 Å². The Balaban J connectivity index is 2.11. The molecule has 0 saturated carbocycles. The number of carbonyl (C=O) groups is 2. The van der Waals surface area contributed by atoms with Crippen LogP contribution in [0.4, 0.5) is 4.79 Å². The minimum Gasteiger partial charge on any atom is -0.507 e. The number of rotatable bonds is 11. The molecule has 0 aliphatic carbocycles. The van der Waals surface area contributed by atoms with Crippen molar-refractivity contribution in [3.63, 3.8) is 0 Å². The lowest BCUT2D eigenvalue weighted by Crippen LogP contribution is -2.16. The smallest absolute Gasteiger partial charge is 0.408 e. The van der Waals surface area contributed by atoms with E-state index in [-0.39, 0.29) is 11.7 Å². The van der Waals surface area contributed by atoms with Crippen LogP contribution in [0.3, 0.4) is 0 Å². The summed E-state index contributed by atoms with van der Waals surface area (Å²) < 4.78 is 5.32. The van der Waals surface area contributed by atoms with E-state index in [1.807, 2.05) is 6.92 Å². The molecule has 2 aromatic heterocycles. The first-order valence-electron chi connectivity index (χ1n) is 10.8. The van der Waals surface area contributed by atoms with E-state index in [1.165, 1.54) is 23.6 Å². The first kappa shape index (κ1) is 26.1. The molecule has 33 heavy (non-hydrogen) atoms. The number of Topliss-reactive ketones (excluding diaryl/α,β-unsaturated/α-hetero) is 1. The number of carboxylic acid groups (broad SMARTS) is 1. The maximum Gasteiger partial charge on any atom is 0.408 e. The summed E-state index contributed by atoms with van der Waals surface area (Å²) in [4.78, 5) is 40.9. The number of nitrogens with zero attached hydrogens (tertiary/aromatic N) is 1. The van der Waals surface area contributed by atoms with Crippen molar-refractivity contribution in [3.8, 4) is 5.75 Å². The van der Waals surface area contributed by atoms with Crippen molar-refractivity contribution >= 4 is 29.3 Å². The molecule has 0 saturated heterocycles. The molecule has 2 aromatic rings. The highest BCUT2D eigenvalue weighted by atomic mass is 32.1.